The molecule has 200 valence electrons. The molecule has 5 rings (SSSR count). The van der Waals surface area contributed by atoms with E-state index in [2.05, 4.69) is 10.4 Å². The van der Waals surface area contributed by atoms with Crippen molar-refractivity contribution in [2.24, 2.45) is 11.0 Å². The number of anilines is 1. The highest BCUT2D eigenvalue weighted by atomic mass is 19.4. The zero-order chi connectivity index (χ0) is 26.9. The molecular weight excluding hydrogens is 500 g/mol. The van der Waals surface area contributed by atoms with Gasteiger partial charge in [0.2, 0.25) is 0 Å². The van der Waals surface area contributed by atoms with Crippen LogP contribution in [-0.2, 0) is 17.5 Å². The number of hydrazone groups is 1. The molecule has 0 unspecified atom stereocenters. The maximum atomic E-state index is 13.7. The van der Waals surface area contributed by atoms with Gasteiger partial charge in [-0.1, -0.05) is 31.4 Å². The van der Waals surface area contributed by atoms with Crippen LogP contribution in [0.3, 0.4) is 0 Å². The summed E-state index contributed by atoms with van der Waals surface area (Å²) >= 11 is 0. The van der Waals surface area contributed by atoms with Crippen molar-refractivity contribution in [1.29, 1.82) is 0 Å². The van der Waals surface area contributed by atoms with Crippen LogP contribution in [0.2, 0.25) is 0 Å². The van der Waals surface area contributed by atoms with Crippen LogP contribution in [-0.4, -0.2) is 35.5 Å². The fourth-order valence-electron chi connectivity index (χ4n) is 5.16. The average molecular weight is 529 g/mol. The second-order valence-corrected chi connectivity index (χ2v) is 10.00. The first-order valence-electron chi connectivity index (χ1n) is 12.8. The molecule has 0 aromatic heterocycles. The van der Waals surface area contributed by atoms with E-state index in [1.54, 1.807) is 18.3 Å². The summed E-state index contributed by atoms with van der Waals surface area (Å²) in [6.45, 7) is 1.75. The first kappa shape index (κ1) is 25.9. The molecule has 2 heterocycles. The second kappa shape index (κ2) is 10.6. The van der Waals surface area contributed by atoms with Gasteiger partial charge in [0.1, 0.15) is 5.82 Å². The fraction of sp³-hybridized carbons (Fsp3) is 0.393. The van der Waals surface area contributed by atoms with Gasteiger partial charge in [-0.2, -0.15) is 23.3 Å². The molecule has 0 radical (unpaired) electrons. The third-order valence-electron chi connectivity index (χ3n) is 7.28. The third-order valence-corrected chi connectivity index (χ3v) is 7.28. The van der Waals surface area contributed by atoms with Gasteiger partial charge < -0.3 is 10.2 Å². The Labute approximate surface area is 218 Å². The van der Waals surface area contributed by atoms with Gasteiger partial charge in [0, 0.05) is 37.8 Å². The molecule has 2 amide bonds. The van der Waals surface area contributed by atoms with E-state index >= 15 is 0 Å². The Morgan fingerprint density at radius 1 is 1.05 bits per heavy atom. The Morgan fingerprint density at radius 3 is 2.50 bits per heavy atom. The number of hydrogen-bond donors (Lipinski definition) is 1. The van der Waals surface area contributed by atoms with Crippen molar-refractivity contribution < 1.29 is 27.2 Å². The Hall–Kier alpha value is -3.69. The van der Waals surface area contributed by atoms with Crippen molar-refractivity contribution in [1.82, 2.24) is 10.2 Å². The monoisotopic (exact) mass is 528 g/mol. The molecule has 0 spiro atoms. The topological polar surface area (TPSA) is 65.0 Å². The number of nitrogens with zero attached hydrogens (tertiary/aromatic N) is 3. The average Bonchev–Trinajstić information content (AvgIpc) is 3.23. The quantitative estimate of drug-likeness (QED) is 0.493. The molecule has 10 heteroatoms. The standard InChI is InChI=1S/C28H28F4N4O2/c29-24-11-10-21(14-23(24)28(30,31)32)36-27(38)22-17-35(13-12-25(22)34-36)16-19-6-8-20(9-7-19)26(37)33-15-18-4-2-1-3-5-18/h6-11,14,17-18H,1-5,12-13,15-16H2,(H,33,37). The van der Waals surface area contributed by atoms with Crippen LogP contribution in [0.5, 0.6) is 0 Å². The second-order valence-electron chi connectivity index (χ2n) is 10.00. The minimum absolute atomic E-state index is 0.0887. The molecule has 2 aliphatic heterocycles. The number of amides is 2. The minimum Gasteiger partial charge on any atom is -0.372 e. The SMILES string of the molecule is O=C(NCC1CCCCC1)c1ccc(CN2C=C3C(=O)N(c4ccc(F)c(C(F)(F)F)c4)N=C3CC2)cc1. The highest BCUT2D eigenvalue weighted by Gasteiger charge is 2.38. The minimum atomic E-state index is -4.88. The molecule has 1 fully saturated rings. The number of hydrogen-bond acceptors (Lipinski definition) is 4. The lowest BCUT2D eigenvalue weighted by Crippen LogP contribution is -2.30. The number of halogens is 4. The number of carbonyl (C=O) groups excluding carboxylic acids is 2. The molecule has 3 aliphatic rings. The highest BCUT2D eigenvalue weighted by molar-refractivity contribution is 6.30. The zero-order valence-corrected chi connectivity index (χ0v) is 20.7. The van der Waals surface area contributed by atoms with E-state index in [0.29, 0.717) is 61.0 Å². The third kappa shape index (κ3) is 5.58. The molecule has 6 nitrogen and oxygen atoms in total. The van der Waals surface area contributed by atoms with Crippen molar-refractivity contribution >= 4 is 23.2 Å². The number of fused-ring (bicyclic) bond motifs is 1. The first-order chi connectivity index (χ1) is 18.2. The molecule has 2 aromatic carbocycles. The van der Waals surface area contributed by atoms with Gasteiger partial charge in [-0.3, -0.25) is 9.59 Å². The number of alkyl halides is 3. The Bertz CT molecular complexity index is 1280. The van der Waals surface area contributed by atoms with Gasteiger partial charge in [0.05, 0.1) is 22.5 Å². The molecule has 0 bridgehead atoms. The molecule has 1 aliphatic carbocycles. The molecule has 2 aromatic rings. The summed E-state index contributed by atoms with van der Waals surface area (Å²) in [4.78, 5) is 27.4. The van der Waals surface area contributed by atoms with Crippen LogP contribution in [0.15, 0.2) is 59.3 Å². The van der Waals surface area contributed by atoms with Gasteiger partial charge in [-0.15, -0.1) is 0 Å². The number of nitrogens with one attached hydrogen (secondary N) is 1. The summed E-state index contributed by atoms with van der Waals surface area (Å²) < 4.78 is 53.1. The van der Waals surface area contributed by atoms with E-state index in [1.807, 2.05) is 17.0 Å². The lowest BCUT2D eigenvalue weighted by molar-refractivity contribution is -0.140. The largest absolute Gasteiger partial charge is 0.419 e. The summed E-state index contributed by atoms with van der Waals surface area (Å²) in [7, 11) is 0. The van der Waals surface area contributed by atoms with Crippen molar-refractivity contribution in [2.45, 2.75) is 51.2 Å². The van der Waals surface area contributed by atoms with Crippen LogP contribution >= 0.6 is 0 Å². The summed E-state index contributed by atoms with van der Waals surface area (Å²) in [5, 5.41) is 8.13. The molecule has 1 N–H and O–H groups in total. The van der Waals surface area contributed by atoms with Crippen molar-refractivity contribution in [3.63, 3.8) is 0 Å². The summed E-state index contributed by atoms with van der Waals surface area (Å²) in [5.74, 6) is -1.50. The predicted octanol–water partition coefficient (Wildman–Crippen LogP) is 5.65. The van der Waals surface area contributed by atoms with Gasteiger partial charge in [0.15, 0.2) is 0 Å². The van der Waals surface area contributed by atoms with Crippen LogP contribution in [0.4, 0.5) is 23.2 Å². The Kier molecular flexibility index (Phi) is 7.23. The van der Waals surface area contributed by atoms with Crippen LogP contribution in [0.25, 0.3) is 0 Å². The fourth-order valence-corrected chi connectivity index (χ4v) is 5.16. The van der Waals surface area contributed by atoms with Gasteiger partial charge in [-0.05, 0) is 54.7 Å². The van der Waals surface area contributed by atoms with Crippen molar-refractivity contribution in [2.75, 3.05) is 18.1 Å². The van der Waals surface area contributed by atoms with Crippen LogP contribution in [0.1, 0.15) is 60.0 Å². The smallest absolute Gasteiger partial charge is 0.372 e. The normalized spacial score (nSPS) is 18.3. The molecule has 0 saturated heterocycles. The maximum absolute atomic E-state index is 13.7. The van der Waals surface area contributed by atoms with E-state index in [9.17, 15) is 27.2 Å². The Morgan fingerprint density at radius 2 is 1.79 bits per heavy atom. The first-order valence-corrected chi connectivity index (χ1v) is 12.8. The summed E-state index contributed by atoms with van der Waals surface area (Å²) in [5.41, 5.74) is 0.730. The molecular formula is C28H28F4N4O2. The van der Waals surface area contributed by atoms with Crippen LogP contribution in [0, 0.1) is 11.7 Å². The van der Waals surface area contributed by atoms with Gasteiger partial charge in [0.25, 0.3) is 11.8 Å². The van der Waals surface area contributed by atoms with E-state index in [4.69, 9.17) is 0 Å². The zero-order valence-electron chi connectivity index (χ0n) is 20.7. The lowest BCUT2D eigenvalue weighted by atomic mass is 9.89. The molecule has 1 saturated carbocycles. The lowest BCUT2D eigenvalue weighted by Gasteiger charge is -2.25. The summed E-state index contributed by atoms with van der Waals surface area (Å²) in [6, 6.07) is 9.70. The van der Waals surface area contributed by atoms with E-state index in [1.165, 1.54) is 19.3 Å². The summed E-state index contributed by atoms with van der Waals surface area (Å²) in [6.07, 6.45) is 3.26. The van der Waals surface area contributed by atoms with Crippen molar-refractivity contribution in [3.8, 4) is 0 Å². The van der Waals surface area contributed by atoms with Gasteiger partial charge >= 0.3 is 6.18 Å². The Balaban J connectivity index is 1.22. The predicted molar refractivity (Wildman–Crippen MR) is 135 cm³/mol. The van der Waals surface area contributed by atoms with E-state index in [-0.39, 0.29) is 11.6 Å². The maximum Gasteiger partial charge on any atom is 0.419 e. The number of rotatable bonds is 6. The number of carbonyl (C=O) groups is 2. The van der Waals surface area contributed by atoms with E-state index < -0.39 is 23.5 Å². The number of benzene rings is 2. The van der Waals surface area contributed by atoms with Crippen molar-refractivity contribution in [3.05, 3.63) is 76.7 Å². The highest BCUT2D eigenvalue weighted by Crippen LogP contribution is 2.36. The van der Waals surface area contributed by atoms with Crippen LogP contribution < -0.4 is 10.3 Å². The van der Waals surface area contributed by atoms with E-state index in [0.717, 1.165) is 29.5 Å². The molecule has 0 atom stereocenters. The molecule has 38 heavy (non-hydrogen) atoms. The van der Waals surface area contributed by atoms with Gasteiger partial charge in [-0.25, -0.2) is 4.39 Å².